The zero-order chi connectivity index (χ0) is 11.6. The fourth-order valence-electron chi connectivity index (χ4n) is 2.84. The molecular weight excluding hydrogens is 218 g/mol. The van der Waals surface area contributed by atoms with Gasteiger partial charge in [0.2, 0.25) is 0 Å². The van der Waals surface area contributed by atoms with E-state index in [-0.39, 0.29) is 6.04 Å². The van der Waals surface area contributed by atoms with Gasteiger partial charge in [-0.1, -0.05) is 0 Å². The Bertz CT molecular complexity index is 793. The van der Waals surface area contributed by atoms with Gasteiger partial charge in [-0.05, 0) is 18.4 Å². The molecule has 0 radical (unpaired) electrons. The summed E-state index contributed by atoms with van der Waals surface area (Å²) in [6, 6.07) is 1.81. The van der Waals surface area contributed by atoms with E-state index < -0.39 is 5.76 Å². The van der Waals surface area contributed by atoms with Gasteiger partial charge in [0.1, 0.15) is 0 Å². The third-order valence-electron chi connectivity index (χ3n) is 3.58. The molecule has 3 aromatic rings. The summed E-state index contributed by atoms with van der Waals surface area (Å²) in [4.78, 5) is 17.2. The number of oxazole rings is 1. The van der Waals surface area contributed by atoms with Crippen molar-refractivity contribution in [3.05, 3.63) is 33.9 Å². The molecule has 1 atom stereocenters. The second-order valence-electron chi connectivity index (χ2n) is 4.56. The van der Waals surface area contributed by atoms with Gasteiger partial charge in [-0.3, -0.25) is 4.98 Å². The lowest BCUT2D eigenvalue weighted by Gasteiger charge is -2.19. The Morgan fingerprint density at radius 1 is 1.47 bits per heavy atom. The van der Waals surface area contributed by atoms with Gasteiger partial charge in [-0.15, -0.1) is 0 Å². The van der Waals surface area contributed by atoms with Crippen molar-refractivity contribution in [2.75, 3.05) is 0 Å². The average Bonchev–Trinajstić information content (AvgIpc) is 2.85. The molecular formula is C12H11N3O2. The van der Waals surface area contributed by atoms with E-state index in [1.165, 1.54) is 5.56 Å². The van der Waals surface area contributed by atoms with Crippen LogP contribution in [0.2, 0.25) is 0 Å². The van der Waals surface area contributed by atoms with E-state index in [2.05, 4.69) is 9.97 Å². The summed E-state index contributed by atoms with van der Waals surface area (Å²) in [5, 5.41) is 1.15. The maximum absolute atomic E-state index is 11.3. The monoisotopic (exact) mass is 229 g/mol. The highest BCUT2D eigenvalue weighted by Crippen LogP contribution is 2.38. The molecule has 2 heterocycles. The lowest BCUT2D eigenvalue weighted by Crippen LogP contribution is -2.16. The van der Waals surface area contributed by atoms with Gasteiger partial charge in [0.15, 0.2) is 5.58 Å². The second-order valence-corrected chi connectivity index (χ2v) is 4.56. The second kappa shape index (κ2) is 2.81. The SMILES string of the molecule is NC1CCc2c[nH]c3cc4oc(=O)[nH]c4c1c23. The molecule has 2 aromatic heterocycles. The minimum atomic E-state index is -0.428. The van der Waals surface area contributed by atoms with Crippen LogP contribution in [0, 0.1) is 0 Å². The summed E-state index contributed by atoms with van der Waals surface area (Å²) in [7, 11) is 0. The number of fused-ring (bicyclic) bond motifs is 2. The fourth-order valence-corrected chi connectivity index (χ4v) is 2.84. The van der Waals surface area contributed by atoms with Crippen LogP contribution in [-0.4, -0.2) is 9.97 Å². The van der Waals surface area contributed by atoms with Crippen molar-refractivity contribution in [3.63, 3.8) is 0 Å². The summed E-state index contributed by atoms with van der Waals surface area (Å²) in [6.45, 7) is 0. The van der Waals surface area contributed by atoms with E-state index in [0.717, 1.165) is 34.8 Å². The predicted molar refractivity (Wildman–Crippen MR) is 63.9 cm³/mol. The summed E-state index contributed by atoms with van der Waals surface area (Å²) in [6.07, 6.45) is 3.88. The number of aromatic nitrogens is 2. The Morgan fingerprint density at radius 3 is 3.24 bits per heavy atom. The summed E-state index contributed by atoms with van der Waals surface area (Å²) < 4.78 is 5.11. The number of hydrogen-bond donors (Lipinski definition) is 3. The van der Waals surface area contributed by atoms with E-state index in [1.54, 1.807) is 0 Å². The zero-order valence-corrected chi connectivity index (χ0v) is 9.04. The highest BCUT2D eigenvalue weighted by atomic mass is 16.4. The number of benzene rings is 1. The van der Waals surface area contributed by atoms with Gasteiger partial charge in [0.05, 0.1) is 5.52 Å². The highest BCUT2D eigenvalue weighted by Gasteiger charge is 2.24. The van der Waals surface area contributed by atoms with Gasteiger partial charge < -0.3 is 15.1 Å². The van der Waals surface area contributed by atoms with Crippen LogP contribution in [0.15, 0.2) is 21.5 Å². The molecule has 0 saturated carbocycles. The van der Waals surface area contributed by atoms with Crippen LogP contribution in [0.25, 0.3) is 22.0 Å². The van der Waals surface area contributed by atoms with Crippen LogP contribution in [-0.2, 0) is 6.42 Å². The minimum absolute atomic E-state index is 0.0438. The first-order valence-electron chi connectivity index (χ1n) is 5.65. The number of aromatic amines is 2. The van der Waals surface area contributed by atoms with Gasteiger partial charge in [-0.25, -0.2) is 4.79 Å². The summed E-state index contributed by atoms with van der Waals surface area (Å²) in [5.41, 5.74) is 10.7. The first kappa shape index (κ1) is 9.07. The van der Waals surface area contributed by atoms with E-state index >= 15 is 0 Å². The third-order valence-corrected chi connectivity index (χ3v) is 3.58. The van der Waals surface area contributed by atoms with E-state index in [4.69, 9.17) is 10.2 Å². The predicted octanol–water partition coefficient (Wildman–Crippen LogP) is 1.55. The van der Waals surface area contributed by atoms with Crippen molar-refractivity contribution in [2.24, 2.45) is 5.73 Å². The van der Waals surface area contributed by atoms with Gasteiger partial charge >= 0.3 is 5.76 Å². The molecule has 0 amide bonds. The van der Waals surface area contributed by atoms with Crippen molar-refractivity contribution < 1.29 is 4.42 Å². The van der Waals surface area contributed by atoms with E-state index in [9.17, 15) is 4.79 Å². The fraction of sp³-hybridized carbons (Fsp3) is 0.250. The Labute approximate surface area is 95.6 Å². The quantitative estimate of drug-likeness (QED) is 0.546. The largest absolute Gasteiger partial charge is 0.417 e. The number of nitrogens with two attached hydrogens (primary N) is 1. The molecule has 1 aliphatic rings. The maximum Gasteiger partial charge on any atom is 0.417 e. The van der Waals surface area contributed by atoms with Crippen LogP contribution < -0.4 is 11.5 Å². The van der Waals surface area contributed by atoms with Crippen molar-refractivity contribution in [1.29, 1.82) is 0 Å². The standard InChI is InChI=1S/C12H11N3O2/c13-6-2-1-5-4-14-7-3-8-11(10(6)9(5)7)15-12(16)17-8/h3-4,6,14H,1-2,13H2,(H,15,16). The molecule has 0 spiro atoms. The van der Waals surface area contributed by atoms with E-state index in [0.29, 0.717) is 5.58 Å². The summed E-state index contributed by atoms with van der Waals surface area (Å²) >= 11 is 0. The van der Waals surface area contributed by atoms with Crippen LogP contribution in [0.4, 0.5) is 0 Å². The van der Waals surface area contributed by atoms with Crippen LogP contribution in [0.3, 0.4) is 0 Å². The maximum atomic E-state index is 11.3. The molecule has 0 saturated heterocycles. The molecule has 1 aliphatic carbocycles. The number of nitrogens with one attached hydrogen (secondary N) is 2. The number of hydrogen-bond acceptors (Lipinski definition) is 3. The molecule has 86 valence electrons. The molecule has 5 nitrogen and oxygen atoms in total. The highest BCUT2D eigenvalue weighted by molar-refractivity contribution is 5.99. The molecule has 17 heavy (non-hydrogen) atoms. The zero-order valence-electron chi connectivity index (χ0n) is 9.04. The van der Waals surface area contributed by atoms with Crippen LogP contribution in [0.5, 0.6) is 0 Å². The third kappa shape index (κ3) is 1.04. The Kier molecular flexibility index (Phi) is 1.50. The molecule has 5 heteroatoms. The van der Waals surface area contributed by atoms with E-state index in [1.807, 2.05) is 12.3 Å². The van der Waals surface area contributed by atoms with Crippen LogP contribution >= 0.6 is 0 Å². The van der Waals surface area contributed by atoms with Crippen LogP contribution in [0.1, 0.15) is 23.6 Å². The lowest BCUT2D eigenvalue weighted by atomic mass is 9.88. The molecule has 1 unspecified atom stereocenters. The molecule has 4 rings (SSSR count). The molecule has 0 fully saturated rings. The molecule has 1 aromatic carbocycles. The summed E-state index contributed by atoms with van der Waals surface area (Å²) in [5.74, 6) is -0.428. The number of H-pyrrole nitrogens is 2. The van der Waals surface area contributed by atoms with Gasteiger partial charge in [0.25, 0.3) is 0 Å². The minimum Gasteiger partial charge on any atom is -0.408 e. The molecule has 0 aliphatic heterocycles. The Morgan fingerprint density at radius 2 is 2.35 bits per heavy atom. The topological polar surface area (TPSA) is 87.8 Å². The first-order chi connectivity index (χ1) is 8.24. The smallest absolute Gasteiger partial charge is 0.408 e. The Hall–Kier alpha value is -2.01. The van der Waals surface area contributed by atoms with Crippen molar-refractivity contribution in [3.8, 4) is 0 Å². The average molecular weight is 229 g/mol. The normalized spacial score (nSPS) is 19.2. The molecule has 4 N–H and O–H groups in total. The van der Waals surface area contributed by atoms with Crippen molar-refractivity contribution >= 4 is 22.0 Å². The molecule has 0 bridgehead atoms. The van der Waals surface area contributed by atoms with Crippen molar-refractivity contribution in [1.82, 2.24) is 9.97 Å². The van der Waals surface area contributed by atoms with Crippen molar-refractivity contribution in [2.45, 2.75) is 18.9 Å². The number of rotatable bonds is 0. The Balaban J connectivity index is 2.32. The van der Waals surface area contributed by atoms with Gasteiger partial charge in [0, 0.05) is 34.8 Å². The number of aryl methyl sites for hydroxylation is 1. The van der Waals surface area contributed by atoms with Gasteiger partial charge in [-0.2, -0.15) is 0 Å². The first-order valence-corrected chi connectivity index (χ1v) is 5.65. The lowest BCUT2D eigenvalue weighted by molar-refractivity contribution is 0.555.